The monoisotopic (exact) mass is 530 g/mol. The Morgan fingerprint density at radius 1 is 0.750 bits per heavy atom. The highest BCUT2D eigenvalue weighted by atomic mass is 35.5. The smallest absolute Gasteiger partial charge is 0.328 e. The maximum Gasteiger partial charge on any atom is 0.328 e. The number of nitrogens with one attached hydrogen (secondary N) is 4. The molecule has 13 heteroatoms. The number of nitrogens with zero attached hydrogens (tertiary/aromatic N) is 3. The zero-order valence-corrected chi connectivity index (χ0v) is 20.9. The topological polar surface area (TPSA) is 164 Å². The van der Waals surface area contributed by atoms with E-state index in [1.54, 1.807) is 38.1 Å². The number of carbonyl (C=O) groups excluding carboxylic acids is 3. The number of barbiturate groups is 1. The predicted octanol–water partition coefficient (Wildman–Crippen LogP) is 4.41. The van der Waals surface area contributed by atoms with Crippen molar-refractivity contribution in [3.8, 4) is 0 Å². The summed E-state index contributed by atoms with van der Waals surface area (Å²) in [4.78, 5) is 45.9. The lowest BCUT2D eigenvalue weighted by molar-refractivity contribution is -0.144. The summed E-state index contributed by atoms with van der Waals surface area (Å²) >= 11 is 11.7. The molecule has 0 atom stereocenters. The number of anilines is 5. The van der Waals surface area contributed by atoms with Gasteiger partial charge in [0, 0.05) is 21.4 Å². The Morgan fingerprint density at radius 2 is 1.14 bits per heavy atom. The molecule has 1 aromatic heterocycles. The first-order valence-electron chi connectivity index (χ1n) is 10.9. The maximum absolute atomic E-state index is 11.4. The van der Waals surface area contributed by atoms with E-state index in [0.717, 1.165) is 11.4 Å². The number of nitrogens with two attached hydrogens (primary N) is 1. The number of amides is 4. The predicted molar refractivity (Wildman–Crippen MR) is 138 cm³/mol. The molecule has 1 saturated heterocycles. The standard InChI is InChI=1S/C15H12Cl2N6.C8H12N2O3/c16-9-1-5-11(6-2-9)19-14-21-13(18)22-15(23-14)20-12-7-3-10(17)4-8-12;1-3-8(4-2)5(11)9-7(13)10-6(8)12/h1-8H,(H4,18,19,20,21,22,23);3-4H2,1-2H3,(H2,9,10,11,12,13). The van der Waals surface area contributed by atoms with Crippen molar-refractivity contribution in [3.63, 3.8) is 0 Å². The lowest BCUT2D eigenvalue weighted by Crippen LogP contribution is -2.61. The minimum atomic E-state index is -1.06. The second-order valence-electron chi connectivity index (χ2n) is 7.63. The van der Waals surface area contributed by atoms with Crippen molar-refractivity contribution in [1.82, 2.24) is 25.6 Å². The first-order valence-corrected chi connectivity index (χ1v) is 11.6. The normalized spacial score (nSPS) is 14.2. The molecule has 3 aromatic rings. The second kappa shape index (κ2) is 11.6. The van der Waals surface area contributed by atoms with E-state index in [4.69, 9.17) is 28.9 Å². The van der Waals surface area contributed by atoms with Crippen LogP contribution >= 0.6 is 23.2 Å². The molecule has 0 radical (unpaired) electrons. The maximum atomic E-state index is 11.4. The van der Waals surface area contributed by atoms with E-state index < -0.39 is 23.3 Å². The third-order valence-electron chi connectivity index (χ3n) is 5.38. The lowest BCUT2D eigenvalue weighted by atomic mass is 9.79. The van der Waals surface area contributed by atoms with Crippen LogP contribution in [-0.4, -0.2) is 32.8 Å². The summed E-state index contributed by atoms with van der Waals surface area (Å²) in [5, 5.41) is 11.6. The molecule has 1 aliphatic rings. The number of nitrogen functional groups attached to an aromatic ring is 1. The molecule has 2 heterocycles. The van der Waals surface area contributed by atoms with E-state index in [1.165, 1.54) is 0 Å². The third-order valence-corrected chi connectivity index (χ3v) is 5.89. The number of aromatic nitrogens is 3. The average Bonchev–Trinajstić information content (AvgIpc) is 2.83. The van der Waals surface area contributed by atoms with Gasteiger partial charge in [-0.1, -0.05) is 37.0 Å². The molecule has 6 N–H and O–H groups in total. The van der Waals surface area contributed by atoms with Crippen LogP contribution in [0.15, 0.2) is 48.5 Å². The van der Waals surface area contributed by atoms with Gasteiger partial charge < -0.3 is 16.4 Å². The van der Waals surface area contributed by atoms with Crippen molar-refractivity contribution < 1.29 is 14.4 Å². The number of benzene rings is 2. The van der Waals surface area contributed by atoms with Gasteiger partial charge in [-0.15, -0.1) is 0 Å². The van der Waals surface area contributed by atoms with Crippen molar-refractivity contribution in [2.75, 3.05) is 16.4 Å². The molecule has 4 rings (SSSR count). The molecule has 36 heavy (non-hydrogen) atoms. The Kier molecular flexibility index (Phi) is 8.62. The van der Waals surface area contributed by atoms with E-state index in [-0.39, 0.29) is 5.95 Å². The van der Waals surface area contributed by atoms with Gasteiger partial charge in [0.05, 0.1) is 0 Å². The summed E-state index contributed by atoms with van der Waals surface area (Å²) in [6, 6.07) is 13.6. The van der Waals surface area contributed by atoms with Gasteiger partial charge in [-0.25, -0.2) is 4.79 Å². The summed E-state index contributed by atoms with van der Waals surface area (Å²) in [5.74, 6) is -0.224. The summed E-state index contributed by atoms with van der Waals surface area (Å²) in [5.41, 5.74) is 6.25. The molecular formula is C23H24Cl2N8O3. The van der Waals surface area contributed by atoms with Gasteiger partial charge in [-0.05, 0) is 61.4 Å². The summed E-state index contributed by atoms with van der Waals surface area (Å²) in [6.07, 6.45) is 0.795. The fourth-order valence-electron chi connectivity index (χ4n) is 3.30. The number of rotatable bonds is 6. The van der Waals surface area contributed by atoms with Crippen LogP contribution in [-0.2, 0) is 9.59 Å². The molecular weight excluding hydrogens is 507 g/mol. The first kappa shape index (κ1) is 26.6. The SMILES string of the molecule is CCC1(CC)C(=O)NC(=O)NC1=O.Nc1nc(Nc2ccc(Cl)cc2)nc(Nc2ccc(Cl)cc2)n1. The van der Waals surface area contributed by atoms with Gasteiger partial charge in [0.2, 0.25) is 29.7 Å². The zero-order valence-electron chi connectivity index (χ0n) is 19.4. The Morgan fingerprint density at radius 3 is 1.50 bits per heavy atom. The fourth-order valence-corrected chi connectivity index (χ4v) is 3.55. The number of urea groups is 1. The minimum Gasteiger partial charge on any atom is -0.368 e. The minimum absolute atomic E-state index is 0.105. The number of hydrogen-bond acceptors (Lipinski definition) is 9. The largest absolute Gasteiger partial charge is 0.368 e. The van der Waals surface area contributed by atoms with Crippen LogP contribution in [0.2, 0.25) is 10.0 Å². The molecule has 0 unspecified atom stereocenters. The van der Waals surface area contributed by atoms with Crippen LogP contribution in [0.5, 0.6) is 0 Å². The highest BCUT2D eigenvalue weighted by Gasteiger charge is 2.47. The molecule has 1 fully saturated rings. The van der Waals surface area contributed by atoms with E-state index in [0.29, 0.717) is 34.8 Å². The molecule has 11 nitrogen and oxygen atoms in total. The quantitative estimate of drug-likeness (QED) is 0.290. The molecule has 4 amide bonds. The molecule has 2 aromatic carbocycles. The Labute approximate surface area is 217 Å². The van der Waals surface area contributed by atoms with Gasteiger partial charge >= 0.3 is 6.03 Å². The van der Waals surface area contributed by atoms with E-state index in [2.05, 4.69) is 36.2 Å². The number of carbonyl (C=O) groups is 3. The van der Waals surface area contributed by atoms with Crippen molar-refractivity contribution in [2.24, 2.45) is 5.41 Å². The van der Waals surface area contributed by atoms with Gasteiger partial charge in [0.1, 0.15) is 5.41 Å². The molecule has 188 valence electrons. The van der Waals surface area contributed by atoms with Crippen molar-refractivity contribution >= 4 is 70.3 Å². The van der Waals surface area contributed by atoms with Crippen molar-refractivity contribution in [2.45, 2.75) is 26.7 Å². The molecule has 0 saturated carbocycles. The summed E-state index contributed by atoms with van der Waals surface area (Å²) < 4.78 is 0. The van der Waals surface area contributed by atoms with Gasteiger partial charge in [-0.3, -0.25) is 20.2 Å². The van der Waals surface area contributed by atoms with Gasteiger partial charge in [0.15, 0.2) is 0 Å². The van der Waals surface area contributed by atoms with E-state index in [1.807, 2.05) is 24.3 Å². The number of imide groups is 2. The van der Waals surface area contributed by atoms with Gasteiger partial charge in [-0.2, -0.15) is 15.0 Å². The Balaban J connectivity index is 0.000000236. The zero-order chi connectivity index (χ0) is 26.3. The molecule has 0 aliphatic carbocycles. The lowest BCUT2D eigenvalue weighted by Gasteiger charge is -2.31. The molecule has 0 bridgehead atoms. The van der Waals surface area contributed by atoms with Gasteiger partial charge in [0.25, 0.3) is 0 Å². The highest BCUT2D eigenvalue weighted by molar-refractivity contribution is 6.30. The van der Waals surface area contributed by atoms with E-state index in [9.17, 15) is 14.4 Å². The Bertz CT molecular complexity index is 1160. The van der Waals surface area contributed by atoms with Crippen molar-refractivity contribution in [3.05, 3.63) is 58.6 Å². The Hall–Kier alpha value is -3.96. The van der Waals surface area contributed by atoms with E-state index >= 15 is 0 Å². The van der Waals surface area contributed by atoms with Crippen LogP contribution < -0.4 is 27.0 Å². The van der Waals surface area contributed by atoms with Crippen LogP contribution in [0, 0.1) is 5.41 Å². The van der Waals surface area contributed by atoms with Crippen LogP contribution in [0.1, 0.15) is 26.7 Å². The summed E-state index contributed by atoms with van der Waals surface area (Å²) in [7, 11) is 0. The van der Waals surface area contributed by atoms with Crippen LogP contribution in [0.25, 0.3) is 0 Å². The summed E-state index contributed by atoms with van der Waals surface area (Å²) in [6.45, 7) is 3.50. The third kappa shape index (κ3) is 6.58. The highest BCUT2D eigenvalue weighted by Crippen LogP contribution is 2.28. The second-order valence-corrected chi connectivity index (χ2v) is 8.50. The number of halogens is 2. The van der Waals surface area contributed by atoms with Crippen molar-refractivity contribution in [1.29, 1.82) is 0 Å². The first-order chi connectivity index (χ1) is 17.1. The molecule has 0 spiro atoms. The fraction of sp³-hybridized carbons (Fsp3) is 0.217. The number of hydrogen-bond donors (Lipinski definition) is 5. The van der Waals surface area contributed by atoms with Crippen LogP contribution in [0.4, 0.5) is 34.0 Å². The van der Waals surface area contributed by atoms with Crippen LogP contribution in [0.3, 0.4) is 0 Å². The average molecular weight is 531 g/mol. The molecule has 1 aliphatic heterocycles.